The number of hydrogen-bond acceptors (Lipinski definition) is 2. The second kappa shape index (κ2) is 5.25. The summed E-state index contributed by atoms with van der Waals surface area (Å²) in [6.45, 7) is 5.96. The molecule has 1 heterocycles. The van der Waals surface area contributed by atoms with Gasteiger partial charge in [-0.15, -0.1) is 0 Å². The van der Waals surface area contributed by atoms with Crippen LogP contribution in [0.5, 0.6) is 0 Å². The fraction of sp³-hybridized carbons (Fsp3) is 0.357. The molecule has 4 nitrogen and oxygen atoms in total. The van der Waals surface area contributed by atoms with Gasteiger partial charge in [0.25, 0.3) is 0 Å². The third kappa shape index (κ3) is 3.73. The predicted molar refractivity (Wildman–Crippen MR) is 79.1 cm³/mol. The van der Waals surface area contributed by atoms with E-state index in [4.69, 9.17) is 4.74 Å². The number of H-pyrrole nitrogens is 1. The third-order valence-corrected chi connectivity index (χ3v) is 3.04. The maximum Gasteiger partial charge on any atom is 0.407 e. The monoisotopic (exact) mass is 324 g/mol. The fourth-order valence-electron chi connectivity index (χ4n) is 1.78. The zero-order valence-corrected chi connectivity index (χ0v) is 12.8. The lowest BCUT2D eigenvalue weighted by Gasteiger charge is -2.19. The van der Waals surface area contributed by atoms with E-state index < -0.39 is 11.7 Å². The molecule has 0 spiro atoms. The molecule has 0 atom stereocenters. The van der Waals surface area contributed by atoms with Crippen molar-refractivity contribution >= 4 is 32.9 Å². The van der Waals surface area contributed by atoms with Crippen LogP contribution < -0.4 is 5.32 Å². The molecule has 0 aliphatic rings. The lowest BCUT2D eigenvalue weighted by atomic mass is 10.2. The van der Waals surface area contributed by atoms with Crippen molar-refractivity contribution in [2.24, 2.45) is 0 Å². The first-order valence-corrected chi connectivity index (χ1v) is 6.87. The molecule has 0 saturated heterocycles. The number of amides is 1. The Bertz CT molecular complexity index is 599. The standard InChI is InChI=1S/C14H17BrN2O2/c1-14(2,3)19-13(18)17-8-9-7-16-12-5-4-10(15)6-11(9)12/h4-7,16H,8H2,1-3H3,(H,17,18). The van der Waals surface area contributed by atoms with E-state index in [1.807, 2.05) is 45.2 Å². The number of fused-ring (bicyclic) bond motifs is 1. The molecule has 0 fully saturated rings. The molecule has 1 aromatic carbocycles. The van der Waals surface area contributed by atoms with Gasteiger partial charge in [-0.05, 0) is 44.5 Å². The van der Waals surface area contributed by atoms with Crippen LogP contribution in [0.4, 0.5) is 4.79 Å². The highest BCUT2D eigenvalue weighted by Gasteiger charge is 2.16. The van der Waals surface area contributed by atoms with Gasteiger partial charge in [0.05, 0.1) is 0 Å². The average Bonchev–Trinajstić information content (AvgIpc) is 2.66. The van der Waals surface area contributed by atoms with Gasteiger partial charge >= 0.3 is 6.09 Å². The largest absolute Gasteiger partial charge is 0.444 e. The molecule has 0 aliphatic heterocycles. The van der Waals surface area contributed by atoms with Gasteiger partial charge in [-0.2, -0.15) is 0 Å². The summed E-state index contributed by atoms with van der Waals surface area (Å²) in [4.78, 5) is 14.8. The molecule has 1 aromatic heterocycles. The van der Waals surface area contributed by atoms with Crippen molar-refractivity contribution in [1.29, 1.82) is 0 Å². The van der Waals surface area contributed by atoms with Crippen molar-refractivity contribution in [3.8, 4) is 0 Å². The molecule has 2 N–H and O–H groups in total. The van der Waals surface area contributed by atoms with Crippen LogP contribution in [0.25, 0.3) is 10.9 Å². The average molecular weight is 325 g/mol. The summed E-state index contributed by atoms with van der Waals surface area (Å²) in [5.41, 5.74) is 1.60. The number of aromatic nitrogens is 1. The molecule has 2 aromatic rings. The second-order valence-corrected chi connectivity index (χ2v) is 6.27. The molecule has 19 heavy (non-hydrogen) atoms. The number of nitrogens with one attached hydrogen (secondary N) is 2. The van der Waals surface area contributed by atoms with Crippen molar-refractivity contribution in [2.75, 3.05) is 0 Å². The quantitative estimate of drug-likeness (QED) is 0.878. The Labute approximate surface area is 120 Å². The number of ether oxygens (including phenoxy) is 1. The first-order chi connectivity index (χ1) is 8.85. The summed E-state index contributed by atoms with van der Waals surface area (Å²) in [7, 11) is 0. The van der Waals surface area contributed by atoms with Crippen molar-refractivity contribution in [2.45, 2.75) is 32.9 Å². The van der Waals surface area contributed by atoms with Crippen molar-refractivity contribution < 1.29 is 9.53 Å². The Kier molecular flexibility index (Phi) is 3.85. The highest BCUT2D eigenvalue weighted by atomic mass is 79.9. The topological polar surface area (TPSA) is 54.1 Å². The second-order valence-electron chi connectivity index (χ2n) is 5.36. The van der Waals surface area contributed by atoms with Gasteiger partial charge in [-0.1, -0.05) is 15.9 Å². The number of hydrogen-bond donors (Lipinski definition) is 2. The molecular weight excluding hydrogens is 308 g/mol. The Hall–Kier alpha value is -1.49. The van der Waals surface area contributed by atoms with Crippen molar-refractivity contribution in [1.82, 2.24) is 10.3 Å². The molecule has 5 heteroatoms. The Morgan fingerprint density at radius 2 is 2.16 bits per heavy atom. The van der Waals surface area contributed by atoms with Crippen LogP contribution in [0.3, 0.4) is 0 Å². The van der Waals surface area contributed by atoms with Gasteiger partial charge < -0.3 is 15.0 Å². The van der Waals surface area contributed by atoms with Gasteiger partial charge in [-0.25, -0.2) is 4.79 Å². The van der Waals surface area contributed by atoms with E-state index in [2.05, 4.69) is 26.2 Å². The van der Waals surface area contributed by atoms with E-state index in [0.29, 0.717) is 6.54 Å². The molecule has 0 radical (unpaired) electrons. The van der Waals surface area contributed by atoms with Crippen LogP contribution in [-0.4, -0.2) is 16.7 Å². The summed E-state index contributed by atoms with van der Waals surface area (Å²) in [5.74, 6) is 0. The minimum atomic E-state index is -0.479. The van der Waals surface area contributed by atoms with Crippen LogP contribution in [0.1, 0.15) is 26.3 Å². The number of carbonyl (C=O) groups excluding carboxylic acids is 1. The van der Waals surface area contributed by atoms with Crippen LogP contribution in [0.2, 0.25) is 0 Å². The summed E-state index contributed by atoms with van der Waals surface area (Å²) in [6, 6.07) is 6.00. The van der Waals surface area contributed by atoms with Crippen LogP contribution in [0, 0.1) is 0 Å². The maximum atomic E-state index is 11.6. The molecule has 2 rings (SSSR count). The summed E-state index contributed by atoms with van der Waals surface area (Å²) < 4.78 is 6.21. The fourth-order valence-corrected chi connectivity index (χ4v) is 2.14. The van der Waals surface area contributed by atoms with Gasteiger partial charge in [0, 0.05) is 28.1 Å². The molecule has 102 valence electrons. The first kappa shape index (κ1) is 13.9. The van der Waals surface area contributed by atoms with Gasteiger partial charge in [0.15, 0.2) is 0 Å². The molecule has 0 unspecified atom stereocenters. The van der Waals surface area contributed by atoms with Gasteiger partial charge in [0.1, 0.15) is 5.60 Å². The van der Waals surface area contributed by atoms with Crippen LogP contribution >= 0.6 is 15.9 Å². The van der Waals surface area contributed by atoms with Crippen LogP contribution in [0.15, 0.2) is 28.9 Å². The van der Waals surface area contributed by atoms with Crippen molar-refractivity contribution in [3.63, 3.8) is 0 Å². The molecule has 1 amide bonds. The normalized spacial score (nSPS) is 11.6. The number of alkyl carbamates (subject to hydrolysis) is 1. The minimum Gasteiger partial charge on any atom is -0.444 e. The van der Waals surface area contributed by atoms with E-state index >= 15 is 0 Å². The van der Waals surface area contributed by atoms with E-state index in [1.165, 1.54) is 0 Å². The van der Waals surface area contributed by atoms with E-state index in [0.717, 1.165) is 20.9 Å². The molecular formula is C14H17BrN2O2. The van der Waals surface area contributed by atoms with E-state index in [1.54, 1.807) is 0 Å². The Morgan fingerprint density at radius 1 is 1.42 bits per heavy atom. The number of carbonyl (C=O) groups is 1. The summed E-state index contributed by atoms with van der Waals surface area (Å²) in [5, 5.41) is 3.85. The van der Waals surface area contributed by atoms with E-state index in [-0.39, 0.29) is 0 Å². The van der Waals surface area contributed by atoms with Gasteiger partial charge in [0.2, 0.25) is 0 Å². The minimum absolute atomic E-state index is 0.406. The lowest BCUT2D eigenvalue weighted by Crippen LogP contribution is -2.32. The Morgan fingerprint density at radius 3 is 2.84 bits per heavy atom. The molecule has 0 saturated carbocycles. The summed E-state index contributed by atoms with van der Waals surface area (Å²) >= 11 is 3.45. The predicted octanol–water partition coefficient (Wildman–Crippen LogP) is 3.96. The smallest absolute Gasteiger partial charge is 0.407 e. The van der Waals surface area contributed by atoms with Crippen molar-refractivity contribution in [3.05, 3.63) is 34.4 Å². The first-order valence-electron chi connectivity index (χ1n) is 6.07. The van der Waals surface area contributed by atoms with Crippen LogP contribution in [-0.2, 0) is 11.3 Å². The highest BCUT2D eigenvalue weighted by molar-refractivity contribution is 9.10. The van der Waals surface area contributed by atoms with Gasteiger partial charge in [-0.3, -0.25) is 0 Å². The number of benzene rings is 1. The number of halogens is 1. The SMILES string of the molecule is CC(C)(C)OC(=O)NCc1c[nH]c2ccc(Br)cc12. The third-order valence-electron chi connectivity index (χ3n) is 2.55. The maximum absolute atomic E-state index is 11.6. The highest BCUT2D eigenvalue weighted by Crippen LogP contribution is 2.22. The molecule has 0 aliphatic carbocycles. The zero-order chi connectivity index (χ0) is 14.0. The zero-order valence-electron chi connectivity index (χ0n) is 11.2. The Balaban J connectivity index is 2.06. The van der Waals surface area contributed by atoms with E-state index in [9.17, 15) is 4.79 Å². The lowest BCUT2D eigenvalue weighted by molar-refractivity contribution is 0.0524. The number of rotatable bonds is 2. The molecule has 0 bridgehead atoms. The summed E-state index contributed by atoms with van der Waals surface area (Å²) in [6.07, 6.45) is 1.49. The number of aromatic amines is 1.